The van der Waals surface area contributed by atoms with Crippen molar-refractivity contribution in [1.82, 2.24) is 25.1 Å². The van der Waals surface area contributed by atoms with Crippen molar-refractivity contribution in [3.05, 3.63) is 88.9 Å². The highest BCUT2D eigenvalue weighted by atomic mass is 32.1. The van der Waals surface area contributed by atoms with Crippen molar-refractivity contribution in [2.75, 3.05) is 37.0 Å². The summed E-state index contributed by atoms with van der Waals surface area (Å²) in [6, 6.07) is 17.8. The number of fused-ring (bicyclic) bond motifs is 2. The van der Waals surface area contributed by atoms with Crippen LogP contribution in [0.4, 0.5) is 10.9 Å². The van der Waals surface area contributed by atoms with E-state index in [2.05, 4.69) is 52.0 Å². The van der Waals surface area contributed by atoms with E-state index >= 15 is 0 Å². The molecule has 59 heavy (non-hydrogen) atoms. The number of rotatable bonds is 11. The summed E-state index contributed by atoms with van der Waals surface area (Å²) < 4.78 is 16.0. The first-order valence-electron chi connectivity index (χ1n) is 21.1. The molecule has 1 amide bonds. The molecule has 2 N–H and O–H groups in total. The van der Waals surface area contributed by atoms with E-state index in [1.807, 2.05) is 82.5 Å². The zero-order valence-electron chi connectivity index (χ0n) is 35.5. The maximum atomic E-state index is 14.1. The SMILES string of the molecule is CNCCOC12CC3(C)CC(C)(CC(Cn4ncc(-c5ccc(N6CCc7cccc(C(=O)Nc8nc9ccccc9s8)c7C6)nc5C(=O)OC(C)(C)C)c4C)(C3)C1)C2. The van der Waals surface area contributed by atoms with Crippen LogP contribution in [-0.2, 0) is 29.0 Å². The quantitative estimate of drug-likeness (QED) is 0.0994. The van der Waals surface area contributed by atoms with E-state index < -0.39 is 11.6 Å². The number of carbonyl (C=O) groups excluding carboxylic acids is 2. The Morgan fingerprint density at radius 3 is 2.44 bits per heavy atom. The fourth-order valence-electron chi connectivity index (χ4n) is 12.1. The highest BCUT2D eigenvalue weighted by Crippen LogP contribution is 2.72. The Hall–Kier alpha value is -4.65. The number of carbonyl (C=O) groups is 2. The summed E-state index contributed by atoms with van der Waals surface area (Å²) in [6.45, 7) is 16.3. The van der Waals surface area contributed by atoms with Crippen molar-refractivity contribution in [2.45, 2.75) is 111 Å². The summed E-state index contributed by atoms with van der Waals surface area (Å²) in [7, 11) is 1.99. The molecular weight excluding hydrogens is 759 g/mol. The van der Waals surface area contributed by atoms with Gasteiger partial charge in [-0.25, -0.2) is 14.8 Å². The van der Waals surface area contributed by atoms with Crippen LogP contribution in [-0.4, -0.2) is 69.6 Å². The lowest BCUT2D eigenvalue weighted by atomic mass is 9.39. The molecule has 310 valence electrons. The topological polar surface area (TPSA) is 124 Å². The van der Waals surface area contributed by atoms with Gasteiger partial charge in [0.05, 0.1) is 28.6 Å². The first-order valence-corrected chi connectivity index (χ1v) is 22.0. The van der Waals surface area contributed by atoms with Crippen LogP contribution < -0.4 is 15.5 Å². The van der Waals surface area contributed by atoms with E-state index in [1.54, 1.807) is 0 Å². The lowest BCUT2D eigenvalue weighted by molar-refractivity contribution is -0.247. The van der Waals surface area contributed by atoms with Gasteiger partial charge in [-0.15, -0.1) is 0 Å². The van der Waals surface area contributed by atoms with E-state index in [0.29, 0.717) is 35.2 Å². The Bertz CT molecular complexity index is 2400. The minimum Gasteiger partial charge on any atom is -0.455 e. The number of likely N-dealkylation sites (N-methyl/N-ethyl adjacent to an activating group) is 1. The van der Waals surface area contributed by atoms with Gasteiger partial charge >= 0.3 is 5.97 Å². The second-order valence-corrected chi connectivity index (χ2v) is 20.8. The molecule has 4 saturated carbocycles. The number of anilines is 2. The van der Waals surface area contributed by atoms with Crippen LogP contribution in [0, 0.1) is 23.2 Å². The molecule has 2 aromatic carbocycles. The van der Waals surface area contributed by atoms with Gasteiger partial charge in [0, 0.05) is 48.6 Å². The van der Waals surface area contributed by atoms with Crippen LogP contribution in [0.25, 0.3) is 21.3 Å². The Balaban J connectivity index is 1.00. The van der Waals surface area contributed by atoms with Crippen molar-refractivity contribution in [3.8, 4) is 11.1 Å². The van der Waals surface area contributed by atoms with Gasteiger partial charge in [-0.05, 0) is 137 Å². The zero-order valence-corrected chi connectivity index (χ0v) is 36.4. The summed E-state index contributed by atoms with van der Waals surface area (Å²) in [5.41, 5.74) is 6.15. The fraction of sp³-hybridized carbons (Fsp3) is 0.511. The van der Waals surface area contributed by atoms with Gasteiger partial charge in [0.2, 0.25) is 0 Å². The van der Waals surface area contributed by atoms with Gasteiger partial charge in [-0.2, -0.15) is 5.10 Å². The molecular formula is C47H57N7O4S. The maximum absolute atomic E-state index is 14.1. The van der Waals surface area contributed by atoms with Gasteiger partial charge in [-0.3, -0.25) is 14.8 Å². The summed E-state index contributed by atoms with van der Waals surface area (Å²) in [6.07, 6.45) is 9.53. The van der Waals surface area contributed by atoms with Crippen LogP contribution >= 0.6 is 11.3 Å². The molecule has 0 radical (unpaired) electrons. The monoisotopic (exact) mass is 815 g/mol. The Labute approximate surface area is 351 Å². The number of amides is 1. The third kappa shape index (κ3) is 7.68. The Morgan fingerprint density at radius 2 is 1.69 bits per heavy atom. The highest BCUT2D eigenvalue weighted by Gasteiger charge is 2.66. The number of ether oxygens (including phenoxy) is 2. The molecule has 0 spiro atoms. The van der Waals surface area contributed by atoms with Crippen molar-refractivity contribution < 1.29 is 19.1 Å². The Morgan fingerprint density at radius 1 is 0.915 bits per heavy atom. The summed E-state index contributed by atoms with van der Waals surface area (Å²) in [5.74, 6) is -0.0102. The first kappa shape index (κ1) is 39.8. The van der Waals surface area contributed by atoms with Gasteiger partial charge in [-0.1, -0.05) is 49.4 Å². The Kier molecular flexibility index (Phi) is 9.79. The number of nitrogens with zero attached hydrogens (tertiary/aromatic N) is 5. The molecule has 1 aliphatic heterocycles. The molecule has 4 fully saturated rings. The number of thiazole rings is 1. The normalized spacial score (nSPS) is 26.0. The van der Waals surface area contributed by atoms with Crippen molar-refractivity contribution in [3.63, 3.8) is 0 Å². The molecule has 4 aliphatic carbocycles. The number of para-hydroxylation sites is 1. The molecule has 12 heteroatoms. The third-order valence-electron chi connectivity index (χ3n) is 13.1. The molecule has 11 nitrogen and oxygen atoms in total. The largest absolute Gasteiger partial charge is 0.455 e. The lowest BCUT2D eigenvalue weighted by Gasteiger charge is -2.69. The molecule has 2 atom stereocenters. The molecule has 3 aromatic heterocycles. The predicted molar refractivity (Wildman–Crippen MR) is 233 cm³/mol. The second kappa shape index (κ2) is 14.5. The molecule has 5 aliphatic rings. The molecule has 10 rings (SSSR count). The van der Waals surface area contributed by atoms with Gasteiger partial charge < -0.3 is 19.7 Å². The maximum Gasteiger partial charge on any atom is 0.358 e. The summed E-state index contributed by atoms with van der Waals surface area (Å²) in [5, 5.41) is 11.9. The smallest absolute Gasteiger partial charge is 0.358 e. The van der Waals surface area contributed by atoms with E-state index in [1.165, 1.54) is 30.6 Å². The number of hydrogen-bond donors (Lipinski definition) is 2. The average Bonchev–Trinajstić information content (AvgIpc) is 3.73. The van der Waals surface area contributed by atoms with Gasteiger partial charge in [0.1, 0.15) is 11.4 Å². The minimum atomic E-state index is -0.712. The van der Waals surface area contributed by atoms with Crippen LogP contribution in [0.2, 0.25) is 0 Å². The number of hydrogen-bond acceptors (Lipinski definition) is 10. The van der Waals surface area contributed by atoms with Crippen LogP contribution in [0.1, 0.15) is 111 Å². The lowest BCUT2D eigenvalue weighted by Crippen LogP contribution is -2.64. The minimum absolute atomic E-state index is 0.0801. The summed E-state index contributed by atoms with van der Waals surface area (Å²) in [4.78, 5) is 39.7. The molecule has 0 saturated heterocycles. The van der Waals surface area contributed by atoms with E-state index in [9.17, 15) is 9.59 Å². The number of nitrogens with one attached hydrogen (secondary N) is 2. The predicted octanol–water partition coefficient (Wildman–Crippen LogP) is 8.99. The van der Waals surface area contributed by atoms with Crippen LogP contribution in [0.15, 0.2) is 60.8 Å². The molecule has 4 heterocycles. The van der Waals surface area contributed by atoms with E-state index in [4.69, 9.17) is 19.6 Å². The third-order valence-corrected chi connectivity index (χ3v) is 14.1. The fourth-order valence-corrected chi connectivity index (χ4v) is 13.0. The number of aromatic nitrogens is 4. The van der Waals surface area contributed by atoms with Gasteiger partial charge in [0.25, 0.3) is 5.91 Å². The van der Waals surface area contributed by atoms with Crippen molar-refractivity contribution >= 4 is 44.4 Å². The molecule has 2 unspecified atom stereocenters. The highest BCUT2D eigenvalue weighted by molar-refractivity contribution is 7.22. The number of pyridine rings is 1. The average molecular weight is 816 g/mol. The van der Waals surface area contributed by atoms with Crippen molar-refractivity contribution in [2.24, 2.45) is 16.2 Å². The van der Waals surface area contributed by atoms with Crippen LogP contribution in [0.3, 0.4) is 0 Å². The van der Waals surface area contributed by atoms with Crippen LogP contribution in [0.5, 0.6) is 0 Å². The second-order valence-electron chi connectivity index (χ2n) is 19.7. The molecule has 5 aromatic rings. The number of benzene rings is 2. The summed E-state index contributed by atoms with van der Waals surface area (Å²) >= 11 is 1.46. The van der Waals surface area contributed by atoms with Crippen molar-refractivity contribution in [1.29, 1.82) is 0 Å². The van der Waals surface area contributed by atoms with Gasteiger partial charge in [0.15, 0.2) is 10.8 Å². The molecule has 4 bridgehead atoms. The standard InChI is InChI=1S/C47H57N7O4S/c1-30-34(21-49-54(30)29-46-24-44(5)23-45(6,25-46)27-47(26-44,28-46)57-20-18-48-7)32-15-16-38(51-39(32)41(56)58-43(2,3)4)53-19-17-31-11-10-12-33(35(31)22-53)40(55)52-42-50-36-13-8-9-14-37(36)59-42/h8-16,21,48H,17-20,22-29H2,1-7H3,(H,50,52,55). The number of esters is 1. The van der Waals surface area contributed by atoms with E-state index in [0.717, 1.165) is 78.0 Å². The van der Waals surface area contributed by atoms with E-state index in [-0.39, 0.29) is 33.4 Å². The zero-order chi connectivity index (χ0) is 41.4. The first-order chi connectivity index (χ1) is 28.1.